The number of piperazine rings is 1. The average molecular weight is 580 g/mol. The lowest BCUT2D eigenvalue weighted by atomic mass is 9.89. The highest BCUT2D eigenvalue weighted by Crippen LogP contribution is 2.41. The maximum atomic E-state index is 11.6. The van der Waals surface area contributed by atoms with Crippen LogP contribution in [0.3, 0.4) is 0 Å². The first-order valence-corrected chi connectivity index (χ1v) is 15.0. The third kappa shape index (κ3) is 5.00. The second-order valence-electron chi connectivity index (χ2n) is 11.9. The third-order valence-electron chi connectivity index (χ3n) is 9.26. The number of aromatic nitrogens is 3. The van der Waals surface area contributed by atoms with Crippen molar-refractivity contribution in [2.24, 2.45) is 5.73 Å². The number of anilines is 1. The number of carbonyl (C=O) groups is 1. The summed E-state index contributed by atoms with van der Waals surface area (Å²) in [5.74, 6) is 0.249. The van der Waals surface area contributed by atoms with Gasteiger partial charge < -0.3 is 25.5 Å². The van der Waals surface area contributed by atoms with Crippen LogP contribution in [0, 0.1) is 0 Å². The minimum atomic E-state index is -0.594. The van der Waals surface area contributed by atoms with Crippen LogP contribution in [-0.4, -0.2) is 76.8 Å². The summed E-state index contributed by atoms with van der Waals surface area (Å²) in [6, 6.07) is 14.5. The predicted molar refractivity (Wildman–Crippen MR) is 168 cm³/mol. The lowest BCUT2D eigenvalue weighted by Crippen LogP contribution is -2.49. The molecule has 10 heteroatoms. The van der Waals surface area contributed by atoms with E-state index in [0.29, 0.717) is 29.1 Å². The standard InChI is InChI=1S/C33H37N7O3/c1-38-11-13-39(14-12-38)23-5-7-24(8-6-23)40-27-19-36-18-26(34)31(27)32(37-40)21-3-9-25(29(16-21)42-2)20-4-10-28-22(15-20)17-30(43-28)33(35)41/h3-4,9-10,15-19,23-24H,5-8,11-14,34H2,1-2H3,(H2,35,41). The molecule has 10 nitrogen and oxygen atoms in total. The van der Waals surface area contributed by atoms with Crippen LogP contribution in [0.5, 0.6) is 5.75 Å². The Morgan fingerprint density at radius 2 is 1.70 bits per heavy atom. The number of methoxy groups -OCH3 is 1. The van der Waals surface area contributed by atoms with Crippen LogP contribution in [-0.2, 0) is 0 Å². The fourth-order valence-corrected chi connectivity index (χ4v) is 6.85. The highest BCUT2D eigenvalue weighted by Gasteiger charge is 2.30. The Morgan fingerprint density at radius 1 is 0.953 bits per heavy atom. The number of rotatable bonds is 6. The third-order valence-corrected chi connectivity index (χ3v) is 9.26. The van der Waals surface area contributed by atoms with E-state index in [0.717, 1.165) is 77.7 Å². The van der Waals surface area contributed by atoms with Crippen molar-refractivity contribution in [3.63, 3.8) is 0 Å². The number of amides is 1. The van der Waals surface area contributed by atoms with E-state index < -0.39 is 5.91 Å². The van der Waals surface area contributed by atoms with E-state index in [1.54, 1.807) is 19.4 Å². The number of benzene rings is 2. The van der Waals surface area contributed by atoms with Gasteiger partial charge >= 0.3 is 0 Å². The Kier molecular flexibility index (Phi) is 7.03. The zero-order valence-corrected chi connectivity index (χ0v) is 24.6. The van der Waals surface area contributed by atoms with Gasteiger partial charge in [0.25, 0.3) is 5.91 Å². The van der Waals surface area contributed by atoms with Crippen LogP contribution >= 0.6 is 0 Å². The first-order valence-electron chi connectivity index (χ1n) is 15.0. The highest BCUT2D eigenvalue weighted by atomic mass is 16.5. The Hall–Kier alpha value is -4.41. The molecule has 0 spiro atoms. The van der Waals surface area contributed by atoms with Crippen molar-refractivity contribution < 1.29 is 13.9 Å². The van der Waals surface area contributed by atoms with E-state index in [4.69, 9.17) is 25.7 Å². The molecule has 0 unspecified atom stereocenters. The SMILES string of the molecule is COc1cc(-c2nn(C3CCC(N4CCN(C)CC4)CC3)c3cncc(N)c23)ccc1-c1ccc2oc(C(N)=O)cc2c1. The molecule has 1 aliphatic heterocycles. The zero-order chi connectivity index (χ0) is 29.7. The van der Waals surface area contributed by atoms with Crippen LogP contribution in [0.1, 0.15) is 42.3 Å². The first kappa shape index (κ1) is 27.4. The summed E-state index contributed by atoms with van der Waals surface area (Å²) in [5, 5.41) is 6.91. The molecule has 5 aromatic rings. The van der Waals surface area contributed by atoms with Crippen LogP contribution in [0.25, 0.3) is 44.3 Å². The Labute approximate surface area is 250 Å². The van der Waals surface area contributed by atoms with Crippen molar-refractivity contribution in [3.05, 3.63) is 60.6 Å². The van der Waals surface area contributed by atoms with Crippen LogP contribution in [0.15, 0.2) is 59.3 Å². The number of primary amides is 1. The smallest absolute Gasteiger partial charge is 0.284 e. The molecule has 3 aromatic heterocycles. The average Bonchev–Trinajstić information content (AvgIpc) is 3.64. The summed E-state index contributed by atoms with van der Waals surface area (Å²) in [7, 11) is 3.87. The van der Waals surface area contributed by atoms with Crippen LogP contribution in [0.2, 0.25) is 0 Å². The van der Waals surface area contributed by atoms with Crippen molar-refractivity contribution in [3.8, 4) is 28.1 Å². The molecule has 1 saturated heterocycles. The molecule has 0 radical (unpaired) electrons. The highest BCUT2D eigenvalue weighted by molar-refractivity contribution is 6.01. The van der Waals surface area contributed by atoms with Gasteiger partial charge in [-0.05, 0) is 68.6 Å². The minimum absolute atomic E-state index is 0.136. The number of likely N-dealkylation sites (N-methyl/N-ethyl adjacent to an activating group) is 1. The van der Waals surface area contributed by atoms with Crippen molar-refractivity contribution in [2.45, 2.75) is 37.8 Å². The molecule has 1 aliphatic carbocycles. The molecule has 7 rings (SSSR count). The number of ether oxygens (including phenoxy) is 1. The summed E-state index contributed by atoms with van der Waals surface area (Å²) in [5.41, 5.74) is 17.7. The summed E-state index contributed by atoms with van der Waals surface area (Å²) >= 11 is 0. The Morgan fingerprint density at radius 3 is 2.44 bits per heavy atom. The Balaban J connectivity index is 1.20. The fourth-order valence-electron chi connectivity index (χ4n) is 6.85. The normalized spacial score (nSPS) is 20.1. The number of hydrogen-bond acceptors (Lipinski definition) is 8. The van der Waals surface area contributed by atoms with Crippen molar-refractivity contribution in [1.29, 1.82) is 0 Å². The summed E-state index contributed by atoms with van der Waals surface area (Å²) in [4.78, 5) is 21.1. The lowest BCUT2D eigenvalue weighted by molar-refractivity contribution is 0.0816. The molecule has 4 N–H and O–H groups in total. The molecule has 1 saturated carbocycles. The number of carbonyl (C=O) groups excluding carboxylic acids is 1. The molecule has 2 aromatic carbocycles. The van der Waals surface area contributed by atoms with Gasteiger partial charge in [-0.2, -0.15) is 5.10 Å². The van der Waals surface area contributed by atoms with Gasteiger partial charge in [0.05, 0.1) is 42.1 Å². The molecule has 2 aliphatic rings. The van der Waals surface area contributed by atoms with Gasteiger partial charge in [0.1, 0.15) is 17.0 Å². The van der Waals surface area contributed by atoms with E-state index in [-0.39, 0.29) is 5.76 Å². The quantitative estimate of drug-likeness (QED) is 0.290. The maximum absolute atomic E-state index is 11.6. The van der Waals surface area contributed by atoms with E-state index >= 15 is 0 Å². The lowest BCUT2D eigenvalue weighted by Gasteiger charge is -2.41. The van der Waals surface area contributed by atoms with Gasteiger partial charge in [0.2, 0.25) is 0 Å². The predicted octanol–water partition coefficient (Wildman–Crippen LogP) is 4.93. The molecule has 2 fully saturated rings. The molecule has 4 heterocycles. The second kappa shape index (κ2) is 11.0. The van der Waals surface area contributed by atoms with Gasteiger partial charge in [-0.3, -0.25) is 19.4 Å². The van der Waals surface area contributed by atoms with E-state index in [2.05, 4.69) is 32.6 Å². The number of nitrogen functional groups attached to an aromatic ring is 1. The van der Waals surface area contributed by atoms with Gasteiger partial charge in [-0.15, -0.1) is 0 Å². The molecule has 43 heavy (non-hydrogen) atoms. The molecule has 222 valence electrons. The minimum Gasteiger partial charge on any atom is -0.496 e. The topological polar surface area (TPSA) is 129 Å². The van der Waals surface area contributed by atoms with E-state index in [1.807, 2.05) is 36.5 Å². The van der Waals surface area contributed by atoms with Crippen molar-refractivity contribution in [1.82, 2.24) is 24.6 Å². The van der Waals surface area contributed by atoms with Gasteiger partial charge in [0.15, 0.2) is 5.76 Å². The molecule has 0 bridgehead atoms. The number of pyridine rings is 1. The fraction of sp³-hybridized carbons (Fsp3) is 0.364. The second-order valence-corrected chi connectivity index (χ2v) is 11.9. The van der Waals surface area contributed by atoms with Crippen LogP contribution < -0.4 is 16.2 Å². The zero-order valence-electron chi connectivity index (χ0n) is 24.6. The molecular formula is C33H37N7O3. The number of furan rings is 1. The largest absolute Gasteiger partial charge is 0.496 e. The Bertz CT molecular complexity index is 1810. The van der Waals surface area contributed by atoms with Gasteiger partial charge in [0, 0.05) is 48.7 Å². The molecular weight excluding hydrogens is 542 g/mol. The summed E-state index contributed by atoms with van der Waals surface area (Å²) in [6.07, 6.45) is 8.10. The monoisotopic (exact) mass is 579 g/mol. The molecule has 0 atom stereocenters. The van der Waals surface area contributed by atoms with E-state index in [1.165, 1.54) is 12.8 Å². The number of nitrogens with two attached hydrogens (primary N) is 2. The number of fused-ring (bicyclic) bond motifs is 2. The van der Waals surface area contributed by atoms with E-state index in [9.17, 15) is 4.79 Å². The molecule has 1 amide bonds. The summed E-state index contributed by atoms with van der Waals surface area (Å²) in [6.45, 7) is 4.61. The van der Waals surface area contributed by atoms with Gasteiger partial charge in [-0.25, -0.2) is 0 Å². The van der Waals surface area contributed by atoms with Crippen molar-refractivity contribution in [2.75, 3.05) is 46.1 Å². The summed E-state index contributed by atoms with van der Waals surface area (Å²) < 4.78 is 13.6. The van der Waals surface area contributed by atoms with Crippen molar-refractivity contribution >= 4 is 33.5 Å². The first-order chi connectivity index (χ1) is 20.9. The maximum Gasteiger partial charge on any atom is 0.284 e. The number of hydrogen-bond donors (Lipinski definition) is 2. The number of nitrogens with zero attached hydrogens (tertiary/aromatic N) is 5. The van der Waals surface area contributed by atoms with Crippen LogP contribution in [0.4, 0.5) is 5.69 Å². The van der Waals surface area contributed by atoms with Gasteiger partial charge in [-0.1, -0.05) is 12.1 Å².